The molecule has 0 amide bonds. The van der Waals surface area contributed by atoms with Gasteiger partial charge in [0, 0.05) is 28.9 Å². The van der Waals surface area contributed by atoms with Crippen LogP contribution < -0.4 is 0 Å². The van der Waals surface area contributed by atoms with Gasteiger partial charge in [-0.2, -0.15) is 0 Å². The van der Waals surface area contributed by atoms with Crippen molar-refractivity contribution in [1.82, 2.24) is 0 Å². The molecule has 0 saturated heterocycles. The summed E-state index contributed by atoms with van der Waals surface area (Å²) in [6.07, 6.45) is 3.22. The predicted molar refractivity (Wildman–Crippen MR) is 122 cm³/mol. The smallest absolute Gasteiger partial charge is 0.330 e. The maximum atomic E-state index is 9.86. The first-order chi connectivity index (χ1) is 14.9. The lowest BCUT2D eigenvalue weighted by Gasteiger charge is -1.84. The Bertz CT molecular complexity index is 605. The fraction of sp³-hybridized carbons (Fsp3) is 0.286. The van der Waals surface area contributed by atoms with Gasteiger partial charge in [0.1, 0.15) is 0 Å². The molecule has 0 aliphatic rings. The second-order valence-electron chi connectivity index (χ2n) is 4.98. The van der Waals surface area contributed by atoms with E-state index in [1.807, 2.05) is 0 Å². The van der Waals surface area contributed by atoms with Crippen molar-refractivity contribution in [2.75, 3.05) is 13.2 Å². The molecule has 0 aliphatic carbocycles. The lowest BCUT2D eigenvalue weighted by Crippen LogP contribution is -1.93. The Morgan fingerprint density at radius 1 is 0.636 bits per heavy atom. The van der Waals surface area contributed by atoms with Crippen molar-refractivity contribution in [3.05, 3.63) is 61.3 Å². The Kier molecular flexibility index (Phi) is 42.5. The normalized spacial score (nSPS) is 8.00. The van der Waals surface area contributed by atoms with Gasteiger partial charge in [0.25, 0.3) is 0 Å². The summed E-state index contributed by atoms with van der Waals surface area (Å²) in [5, 5.41) is 54.4. The first kappa shape index (κ1) is 43.0. The molecule has 0 bridgehead atoms. The Hall–Kier alpha value is -4.03. The molecule has 0 fully saturated rings. The summed E-state index contributed by atoms with van der Waals surface area (Å²) in [5.41, 5.74) is 0.741. The molecule has 0 atom stereocenters. The summed E-state index contributed by atoms with van der Waals surface area (Å²) < 4.78 is 0. The quantitative estimate of drug-likeness (QED) is 0.271. The largest absolute Gasteiger partial charge is 0.478 e. The van der Waals surface area contributed by atoms with E-state index in [-0.39, 0.29) is 24.4 Å². The lowest BCUT2D eigenvalue weighted by atomic mass is 10.3. The Labute approximate surface area is 192 Å². The average Bonchev–Trinajstić information content (AvgIpc) is 2.74. The summed E-state index contributed by atoms with van der Waals surface area (Å²) in [6.45, 7) is 18.1. The first-order valence-corrected chi connectivity index (χ1v) is 8.49. The molecule has 12 heteroatoms. The van der Waals surface area contributed by atoms with Crippen molar-refractivity contribution >= 4 is 29.8 Å². The van der Waals surface area contributed by atoms with Crippen LogP contribution in [0, 0.1) is 0 Å². The zero-order chi connectivity index (χ0) is 28.2. The molecule has 12 nitrogen and oxygen atoms in total. The predicted octanol–water partition coefficient (Wildman–Crippen LogP) is 1.82. The van der Waals surface area contributed by atoms with E-state index in [2.05, 4.69) is 26.3 Å². The van der Waals surface area contributed by atoms with Gasteiger partial charge in [-0.15, -0.1) is 0 Å². The Morgan fingerprint density at radius 3 is 0.818 bits per heavy atom. The molecule has 0 unspecified atom stereocenters. The van der Waals surface area contributed by atoms with E-state index < -0.39 is 29.8 Å². The van der Waals surface area contributed by atoms with Crippen molar-refractivity contribution < 1.29 is 59.7 Å². The molecule has 0 rings (SSSR count). The van der Waals surface area contributed by atoms with E-state index in [0.717, 1.165) is 12.2 Å². The molecule has 0 aromatic carbocycles. The van der Waals surface area contributed by atoms with Gasteiger partial charge in [-0.3, -0.25) is 0 Å². The van der Waals surface area contributed by atoms with Crippen LogP contribution in [0.2, 0.25) is 0 Å². The molecule has 0 saturated carbocycles. The SMILES string of the molecule is C=C(C)C(=O)O.C=C(C)C(=O)O.C=CC(=O)O.C=CC(=O)O.CC=C(C)C(=O)O.OCCO. The van der Waals surface area contributed by atoms with Gasteiger partial charge in [-0.1, -0.05) is 32.4 Å². The molecular formula is C21H34O12. The van der Waals surface area contributed by atoms with E-state index in [9.17, 15) is 24.0 Å². The average molecular weight is 478 g/mol. The summed E-state index contributed by atoms with van der Waals surface area (Å²) in [7, 11) is 0. The van der Waals surface area contributed by atoms with Crippen LogP contribution in [0.5, 0.6) is 0 Å². The Morgan fingerprint density at radius 2 is 0.818 bits per heavy atom. The van der Waals surface area contributed by atoms with Crippen LogP contribution in [0.3, 0.4) is 0 Å². The molecular weight excluding hydrogens is 444 g/mol. The molecule has 190 valence electrons. The van der Waals surface area contributed by atoms with E-state index in [1.54, 1.807) is 19.9 Å². The fourth-order valence-corrected chi connectivity index (χ4v) is 0.123. The summed E-state index contributed by atoms with van der Waals surface area (Å²) in [5.74, 6) is -4.68. The van der Waals surface area contributed by atoms with Crippen LogP contribution in [0.4, 0.5) is 0 Å². The van der Waals surface area contributed by atoms with Gasteiger partial charge in [0.2, 0.25) is 0 Å². The molecule has 0 aliphatic heterocycles. The number of carboxylic acids is 5. The van der Waals surface area contributed by atoms with Crippen LogP contribution in [0.1, 0.15) is 27.7 Å². The number of carbonyl (C=O) groups is 5. The van der Waals surface area contributed by atoms with Gasteiger partial charge in [-0.25, -0.2) is 24.0 Å². The first-order valence-electron chi connectivity index (χ1n) is 8.49. The maximum absolute atomic E-state index is 9.86. The topological polar surface area (TPSA) is 227 Å². The number of hydrogen-bond acceptors (Lipinski definition) is 7. The maximum Gasteiger partial charge on any atom is 0.330 e. The highest BCUT2D eigenvalue weighted by molar-refractivity contribution is 5.86. The van der Waals surface area contributed by atoms with E-state index in [4.69, 9.17) is 35.7 Å². The number of hydrogen-bond donors (Lipinski definition) is 7. The van der Waals surface area contributed by atoms with Crippen LogP contribution in [-0.4, -0.2) is 78.8 Å². The monoisotopic (exact) mass is 478 g/mol. The lowest BCUT2D eigenvalue weighted by molar-refractivity contribution is -0.133. The highest BCUT2D eigenvalue weighted by Crippen LogP contribution is 1.87. The highest BCUT2D eigenvalue weighted by atomic mass is 16.4. The van der Waals surface area contributed by atoms with Crippen molar-refractivity contribution in [3.63, 3.8) is 0 Å². The van der Waals surface area contributed by atoms with Crippen LogP contribution in [0.15, 0.2) is 61.3 Å². The van der Waals surface area contributed by atoms with Crippen LogP contribution in [0.25, 0.3) is 0 Å². The minimum Gasteiger partial charge on any atom is -0.478 e. The molecule has 0 aromatic rings. The molecule has 0 aromatic heterocycles. The fourth-order valence-electron chi connectivity index (χ4n) is 0.123. The van der Waals surface area contributed by atoms with Gasteiger partial charge in [-0.05, 0) is 27.7 Å². The van der Waals surface area contributed by atoms with Crippen LogP contribution >= 0.6 is 0 Å². The minimum atomic E-state index is -0.981. The number of aliphatic hydroxyl groups is 2. The second-order valence-corrected chi connectivity index (χ2v) is 4.98. The Balaban J connectivity index is -0.0000000668. The van der Waals surface area contributed by atoms with Crippen molar-refractivity contribution in [1.29, 1.82) is 0 Å². The number of carboxylic acid groups (broad SMARTS) is 5. The summed E-state index contributed by atoms with van der Waals surface area (Å²) in [4.78, 5) is 47.6. The van der Waals surface area contributed by atoms with E-state index >= 15 is 0 Å². The van der Waals surface area contributed by atoms with Gasteiger partial charge in [0.05, 0.1) is 13.2 Å². The van der Waals surface area contributed by atoms with E-state index in [0.29, 0.717) is 5.57 Å². The zero-order valence-electron chi connectivity index (χ0n) is 19.1. The van der Waals surface area contributed by atoms with Crippen molar-refractivity contribution in [2.45, 2.75) is 27.7 Å². The summed E-state index contributed by atoms with van der Waals surface area (Å²) >= 11 is 0. The highest BCUT2D eigenvalue weighted by Gasteiger charge is 1.93. The number of aliphatic hydroxyl groups excluding tert-OH is 2. The minimum absolute atomic E-state index is 0.125. The molecule has 0 radical (unpaired) electrons. The second kappa shape index (κ2) is 32.6. The van der Waals surface area contributed by atoms with Crippen molar-refractivity contribution in [2.24, 2.45) is 0 Å². The summed E-state index contributed by atoms with van der Waals surface area (Å²) in [6, 6.07) is 0. The van der Waals surface area contributed by atoms with E-state index in [1.165, 1.54) is 13.8 Å². The number of allylic oxidation sites excluding steroid dienone is 1. The molecule has 0 heterocycles. The number of aliphatic carboxylic acids is 5. The third-order valence-electron chi connectivity index (χ3n) is 1.95. The zero-order valence-corrected chi connectivity index (χ0v) is 19.1. The van der Waals surface area contributed by atoms with Gasteiger partial charge in [0.15, 0.2) is 0 Å². The number of rotatable bonds is 6. The van der Waals surface area contributed by atoms with Gasteiger partial charge >= 0.3 is 29.8 Å². The molecule has 7 N–H and O–H groups in total. The third-order valence-corrected chi connectivity index (χ3v) is 1.95. The van der Waals surface area contributed by atoms with Crippen molar-refractivity contribution in [3.8, 4) is 0 Å². The molecule has 0 spiro atoms. The van der Waals surface area contributed by atoms with Gasteiger partial charge < -0.3 is 35.7 Å². The van der Waals surface area contributed by atoms with Crippen LogP contribution in [-0.2, 0) is 24.0 Å². The third kappa shape index (κ3) is 84.2. The standard InChI is InChI=1S/C5H8O2.2C4H6O2.2C3H4O2.C2H6O2/c1-3-4(2)5(6)7;2*1-3(2)4(5)6;2*1-2-3(4)5;3-1-2-4/h3H,1-2H3,(H,6,7);2*1H2,2H3,(H,5,6);2*2H,1H2,(H,4,5);3-4H,1-2H2. The molecule has 33 heavy (non-hydrogen) atoms.